The lowest BCUT2D eigenvalue weighted by Crippen LogP contribution is -2.42. The Labute approximate surface area is 95.5 Å². The molecular weight excluding hydrogens is 202 g/mol. The molecule has 1 amide bonds. The maximum absolute atomic E-state index is 12.0. The number of nitrogens with zero attached hydrogens (tertiary/aromatic N) is 1. The Morgan fingerprint density at radius 1 is 1.62 bits per heavy atom. The van der Waals surface area contributed by atoms with Gasteiger partial charge in [0.1, 0.15) is 0 Å². The fourth-order valence-electron chi connectivity index (χ4n) is 1.91. The van der Waals surface area contributed by atoms with E-state index in [4.69, 9.17) is 0 Å². The summed E-state index contributed by atoms with van der Waals surface area (Å²) in [5.74, 6) is 0.378. The number of aromatic nitrogens is 1. The molecule has 1 aliphatic heterocycles. The van der Waals surface area contributed by atoms with Gasteiger partial charge in [-0.15, -0.1) is 0 Å². The summed E-state index contributed by atoms with van der Waals surface area (Å²) in [4.78, 5) is 16.0. The van der Waals surface area contributed by atoms with Crippen LogP contribution < -0.4 is 10.6 Å². The van der Waals surface area contributed by atoms with Crippen LogP contribution in [0.1, 0.15) is 25.8 Å². The summed E-state index contributed by atoms with van der Waals surface area (Å²) < 4.78 is 0. The average molecular weight is 219 g/mol. The molecule has 16 heavy (non-hydrogen) atoms. The van der Waals surface area contributed by atoms with Crippen LogP contribution in [-0.4, -0.2) is 16.9 Å². The van der Waals surface area contributed by atoms with E-state index >= 15 is 0 Å². The third-order valence-electron chi connectivity index (χ3n) is 3.18. The number of hydrogen-bond donors (Lipinski definition) is 2. The van der Waals surface area contributed by atoms with E-state index in [2.05, 4.69) is 29.5 Å². The van der Waals surface area contributed by atoms with Crippen LogP contribution in [0, 0.1) is 5.92 Å². The monoisotopic (exact) mass is 219 g/mol. The SMILES string of the molecule is CC[C@H](C)[C@@H]1NCc2ccncc2NC1=O. The van der Waals surface area contributed by atoms with Crippen molar-refractivity contribution in [3.05, 3.63) is 24.0 Å². The molecule has 2 rings (SSSR count). The first-order chi connectivity index (χ1) is 7.72. The van der Waals surface area contributed by atoms with Crippen molar-refractivity contribution < 1.29 is 4.79 Å². The summed E-state index contributed by atoms with van der Waals surface area (Å²) in [5, 5.41) is 6.22. The molecule has 2 N–H and O–H groups in total. The minimum atomic E-state index is -0.114. The van der Waals surface area contributed by atoms with Crippen molar-refractivity contribution in [3.63, 3.8) is 0 Å². The number of amides is 1. The third-order valence-corrected chi connectivity index (χ3v) is 3.18. The van der Waals surface area contributed by atoms with E-state index in [0.717, 1.165) is 17.7 Å². The number of pyridine rings is 1. The lowest BCUT2D eigenvalue weighted by Gasteiger charge is -2.20. The molecule has 1 aromatic heterocycles. The average Bonchev–Trinajstić information content (AvgIpc) is 2.46. The van der Waals surface area contributed by atoms with Gasteiger partial charge in [0.05, 0.1) is 17.9 Å². The molecule has 0 bridgehead atoms. The summed E-state index contributed by atoms with van der Waals surface area (Å²) in [5.41, 5.74) is 1.92. The molecule has 1 aromatic rings. The van der Waals surface area contributed by atoms with Gasteiger partial charge in [-0.25, -0.2) is 0 Å². The lowest BCUT2D eigenvalue weighted by molar-refractivity contribution is -0.119. The molecule has 0 fully saturated rings. The molecule has 4 heteroatoms. The van der Waals surface area contributed by atoms with Crippen LogP contribution in [0.15, 0.2) is 18.5 Å². The van der Waals surface area contributed by atoms with Crippen molar-refractivity contribution in [2.24, 2.45) is 5.92 Å². The fourth-order valence-corrected chi connectivity index (χ4v) is 1.91. The summed E-state index contributed by atoms with van der Waals surface area (Å²) in [7, 11) is 0. The highest BCUT2D eigenvalue weighted by Gasteiger charge is 2.26. The zero-order chi connectivity index (χ0) is 11.5. The Bertz CT molecular complexity index is 392. The molecule has 2 heterocycles. The van der Waals surface area contributed by atoms with E-state index in [9.17, 15) is 4.79 Å². The molecule has 86 valence electrons. The molecular formula is C12H17N3O. The van der Waals surface area contributed by atoms with Crippen molar-refractivity contribution in [3.8, 4) is 0 Å². The Morgan fingerprint density at radius 2 is 2.44 bits per heavy atom. The van der Waals surface area contributed by atoms with Crippen LogP contribution in [0.5, 0.6) is 0 Å². The van der Waals surface area contributed by atoms with Gasteiger partial charge in [0.25, 0.3) is 0 Å². The number of anilines is 1. The van der Waals surface area contributed by atoms with Crippen molar-refractivity contribution in [1.82, 2.24) is 10.3 Å². The van der Waals surface area contributed by atoms with E-state index in [1.807, 2.05) is 6.07 Å². The largest absolute Gasteiger partial charge is 0.323 e. The van der Waals surface area contributed by atoms with E-state index in [-0.39, 0.29) is 11.9 Å². The van der Waals surface area contributed by atoms with Gasteiger partial charge in [0.2, 0.25) is 5.91 Å². The molecule has 0 saturated carbocycles. The number of nitrogens with one attached hydrogen (secondary N) is 2. The summed E-state index contributed by atoms with van der Waals surface area (Å²) in [6.45, 7) is 4.90. The van der Waals surface area contributed by atoms with Crippen LogP contribution in [0.3, 0.4) is 0 Å². The van der Waals surface area contributed by atoms with Gasteiger partial charge >= 0.3 is 0 Å². The molecule has 2 atom stereocenters. The number of rotatable bonds is 2. The smallest absolute Gasteiger partial charge is 0.241 e. The maximum Gasteiger partial charge on any atom is 0.241 e. The Balaban J connectivity index is 2.22. The molecule has 0 radical (unpaired) electrons. The predicted octanol–water partition coefficient (Wildman–Crippen LogP) is 1.54. The van der Waals surface area contributed by atoms with Crippen LogP contribution in [-0.2, 0) is 11.3 Å². The zero-order valence-electron chi connectivity index (χ0n) is 9.66. The predicted molar refractivity (Wildman–Crippen MR) is 62.9 cm³/mol. The van der Waals surface area contributed by atoms with Gasteiger partial charge < -0.3 is 10.6 Å². The molecule has 1 aliphatic rings. The molecule has 0 aliphatic carbocycles. The molecule has 0 aromatic carbocycles. The van der Waals surface area contributed by atoms with Crippen LogP contribution in [0.25, 0.3) is 0 Å². The molecule has 4 nitrogen and oxygen atoms in total. The van der Waals surface area contributed by atoms with Gasteiger partial charge in [0, 0.05) is 12.7 Å². The number of carbonyl (C=O) groups excluding carboxylic acids is 1. The first kappa shape index (κ1) is 11.1. The van der Waals surface area contributed by atoms with E-state index < -0.39 is 0 Å². The lowest BCUT2D eigenvalue weighted by atomic mass is 9.98. The second-order valence-corrected chi connectivity index (χ2v) is 4.27. The molecule has 0 unspecified atom stereocenters. The molecule has 0 spiro atoms. The maximum atomic E-state index is 12.0. The highest BCUT2D eigenvalue weighted by molar-refractivity contribution is 5.96. The van der Waals surface area contributed by atoms with E-state index in [0.29, 0.717) is 12.5 Å². The highest BCUT2D eigenvalue weighted by atomic mass is 16.2. The second kappa shape index (κ2) is 4.61. The number of carbonyl (C=O) groups is 1. The van der Waals surface area contributed by atoms with Gasteiger partial charge in [-0.3, -0.25) is 9.78 Å². The minimum absolute atomic E-state index is 0.0427. The first-order valence-electron chi connectivity index (χ1n) is 5.69. The third kappa shape index (κ3) is 2.07. The fraction of sp³-hybridized carbons (Fsp3) is 0.500. The Morgan fingerprint density at radius 3 is 3.19 bits per heavy atom. The van der Waals surface area contributed by atoms with E-state index in [1.165, 1.54) is 0 Å². The Kier molecular flexibility index (Phi) is 3.19. The van der Waals surface area contributed by atoms with E-state index in [1.54, 1.807) is 12.4 Å². The second-order valence-electron chi connectivity index (χ2n) is 4.27. The van der Waals surface area contributed by atoms with Gasteiger partial charge in [-0.1, -0.05) is 20.3 Å². The zero-order valence-corrected chi connectivity index (χ0v) is 9.66. The highest BCUT2D eigenvalue weighted by Crippen LogP contribution is 2.19. The Hall–Kier alpha value is -1.42. The summed E-state index contributed by atoms with van der Waals surface area (Å²) in [6.07, 6.45) is 4.43. The molecule has 0 saturated heterocycles. The summed E-state index contributed by atoms with van der Waals surface area (Å²) in [6, 6.07) is 1.82. The van der Waals surface area contributed by atoms with Crippen LogP contribution in [0.4, 0.5) is 5.69 Å². The van der Waals surface area contributed by atoms with Crippen molar-refractivity contribution in [2.75, 3.05) is 5.32 Å². The van der Waals surface area contributed by atoms with Gasteiger partial charge in [-0.2, -0.15) is 0 Å². The van der Waals surface area contributed by atoms with Crippen molar-refractivity contribution in [2.45, 2.75) is 32.9 Å². The van der Waals surface area contributed by atoms with Crippen LogP contribution >= 0.6 is 0 Å². The standard InChI is InChI=1S/C12H17N3O/c1-3-8(2)11-12(16)15-10-7-13-5-4-9(10)6-14-11/h4-5,7-8,11,14H,3,6H2,1-2H3,(H,15,16)/t8-,11-/m0/s1. The quantitative estimate of drug-likeness (QED) is 0.793. The number of hydrogen-bond acceptors (Lipinski definition) is 3. The van der Waals surface area contributed by atoms with Crippen LogP contribution in [0.2, 0.25) is 0 Å². The normalized spacial score (nSPS) is 21.9. The topological polar surface area (TPSA) is 54.0 Å². The van der Waals surface area contributed by atoms with Gasteiger partial charge in [-0.05, 0) is 17.5 Å². The van der Waals surface area contributed by atoms with Gasteiger partial charge in [0.15, 0.2) is 0 Å². The first-order valence-corrected chi connectivity index (χ1v) is 5.69. The minimum Gasteiger partial charge on any atom is -0.323 e. The van der Waals surface area contributed by atoms with Crippen molar-refractivity contribution >= 4 is 11.6 Å². The number of fused-ring (bicyclic) bond motifs is 1. The summed E-state index contributed by atoms with van der Waals surface area (Å²) >= 11 is 0. The van der Waals surface area contributed by atoms with Crippen molar-refractivity contribution in [1.29, 1.82) is 0 Å².